The second kappa shape index (κ2) is 7.66. The average Bonchev–Trinajstić information content (AvgIpc) is 3.07. The van der Waals surface area contributed by atoms with Gasteiger partial charge in [-0.2, -0.15) is 0 Å². The smallest absolute Gasteiger partial charge is 0.145 e. The highest BCUT2D eigenvalue weighted by Gasteiger charge is 2.37. The Morgan fingerprint density at radius 1 is 0.632 bits per heavy atom. The summed E-state index contributed by atoms with van der Waals surface area (Å²) in [6, 6.07) is 37.5. The molecule has 2 aliphatic rings. The highest BCUT2D eigenvalue weighted by molar-refractivity contribution is 6.03. The van der Waals surface area contributed by atoms with Crippen molar-refractivity contribution < 1.29 is 0 Å². The fourth-order valence-electron chi connectivity index (χ4n) is 6.46. The molecule has 0 atom stereocenters. The van der Waals surface area contributed by atoms with Gasteiger partial charge in [-0.15, -0.1) is 0 Å². The van der Waals surface area contributed by atoms with E-state index >= 15 is 0 Å². The maximum atomic E-state index is 5.09. The quantitative estimate of drug-likeness (QED) is 0.230. The van der Waals surface area contributed by atoms with E-state index in [1.54, 1.807) is 0 Å². The highest BCUT2D eigenvalue weighted by atomic mass is 15.2. The molecule has 2 heteroatoms. The molecule has 6 aromatic rings. The Morgan fingerprint density at radius 2 is 1.39 bits per heavy atom. The lowest BCUT2D eigenvalue weighted by Gasteiger charge is -2.29. The number of nitrogens with zero attached hydrogens (tertiary/aromatic N) is 2. The molecule has 1 aromatic heterocycles. The van der Waals surface area contributed by atoms with Crippen molar-refractivity contribution in [2.75, 3.05) is 4.90 Å². The molecule has 0 unspecified atom stereocenters. The van der Waals surface area contributed by atoms with Gasteiger partial charge in [0.15, 0.2) is 0 Å². The molecular formula is C36H26N2. The van der Waals surface area contributed by atoms with E-state index in [2.05, 4.69) is 134 Å². The number of hydrogen-bond donors (Lipinski definition) is 0. The summed E-state index contributed by atoms with van der Waals surface area (Å²) in [7, 11) is 0. The van der Waals surface area contributed by atoms with Gasteiger partial charge in [0.2, 0.25) is 0 Å². The Hall–Kier alpha value is -4.69. The van der Waals surface area contributed by atoms with Crippen molar-refractivity contribution in [3.8, 4) is 11.1 Å². The van der Waals surface area contributed by atoms with Crippen LogP contribution in [0.15, 0.2) is 109 Å². The Balaban J connectivity index is 1.45. The number of rotatable bonds is 1. The molecule has 1 aliphatic carbocycles. The van der Waals surface area contributed by atoms with Crippen LogP contribution in [0.2, 0.25) is 0 Å². The van der Waals surface area contributed by atoms with Crippen LogP contribution in [0.5, 0.6) is 0 Å². The van der Waals surface area contributed by atoms with Crippen LogP contribution in [0.4, 0.5) is 17.2 Å². The van der Waals surface area contributed by atoms with Gasteiger partial charge in [-0.05, 0) is 74.3 Å². The zero-order chi connectivity index (χ0) is 25.4. The SMILES string of the molecule is CC1(C)c2ccccc2-c2cc3c(cc21)N(c1ccc2ccccc2c1)c1ncc2ccccc2c1C=C3. The molecule has 0 saturated heterocycles. The summed E-state index contributed by atoms with van der Waals surface area (Å²) in [6.45, 7) is 4.69. The normalized spacial score (nSPS) is 14.6. The molecule has 0 radical (unpaired) electrons. The van der Waals surface area contributed by atoms with Gasteiger partial charge in [-0.1, -0.05) is 98.8 Å². The fraction of sp³-hybridized carbons (Fsp3) is 0.0833. The van der Waals surface area contributed by atoms with E-state index in [9.17, 15) is 0 Å². The second-order valence-corrected chi connectivity index (χ2v) is 10.9. The van der Waals surface area contributed by atoms with E-state index in [4.69, 9.17) is 4.98 Å². The van der Waals surface area contributed by atoms with E-state index in [-0.39, 0.29) is 5.41 Å². The monoisotopic (exact) mass is 486 g/mol. The molecule has 0 N–H and O–H groups in total. The Labute approximate surface area is 222 Å². The van der Waals surface area contributed by atoms with E-state index < -0.39 is 0 Å². The molecule has 0 spiro atoms. The minimum absolute atomic E-state index is 0.0777. The number of anilines is 3. The van der Waals surface area contributed by atoms with Crippen molar-refractivity contribution in [1.82, 2.24) is 4.98 Å². The Bertz CT molecular complexity index is 1960. The van der Waals surface area contributed by atoms with Crippen LogP contribution in [-0.4, -0.2) is 4.98 Å². The van der Waals surface area contributed by atoms with Crippen LogP contribution in [0, 0.1) is 0 Å². The summed E-state index contributed by atoms with van der Waals surface area (Å²) in [5.74, 6) is 0.960. The number of benzene rings is 5. The number of fused-ring (bicyclic) bond motifs is 8. The lowest BCUT2D eigenvalue weighted by molar-refractivity contribution is 0.660. The first-order chi connectivity index (χ1) is 18.6. The molecule has 2 nitrogen and oxygen atoms in total. The van der Waals surface area contributed by atoms with E-state index in [0.29, 0.717) is 0 Å². The number of hydrogen-bond acceptors (Lipinski definition) is 2. The number of pyridine rings is 1. The topological polar surface area (TPSA) is 16.1 Å². The first kappa shape index (κ1) is 21.4. The highest BCUT2D eigenvalue weighted by Crippen LogP contribution is 2.53. The van der Waals surface area contributed by atoms with Crippen LogP contribution < -0.4 is 4.90 Å². The third-order valence-electron chi connectivity index (χ3n) is 8.42. The van der Waals surface area contributed by atoms with Crippen LogP contribution >= 0.6 is 0 Å². The maximum Gasteiger partial charge on any atom is 0.145 e. The fourth-order valence-corrected chi connectivity index (χ4v) is 6.46. The summed E-state index contributed by atoms with van der Waals surface area (Å²) in [5.41, 5.74) is 9.97. The van der Waals surface area contributed by atoms with E-state index in [0.717, 1.165) is 28.1 Å². The minimum atomic E-state index is -0.0777. The Morgan fingerprint density at radius 3 is 2.29 bits per heavy atom. The standard InChI is InChI=1S/C36H26N2/c1-36(2)32-14-8-7-13-29(32)31-20-25-16-18-30-28-12-6-5-11-26(28)22-37-35(30)38(34(25)21-33(31)36)27-17-15-23-9-3-4-10-24(23)19-27/h3-22H,1-2H3. The Kier molecular flexibility index (Phi) is 4.31. The molecule has 0 saturated carbocycles. The van der Waals surface area contributed by atoms with Gasteiger partial charge in [0.05, 0.1) is 5.69 Å². The summed E-state index contributed by atoms with van der Waals surface area (Å²) >= 11 is 0. The van der Waals surface area contributed by atoms with Crippen molar-refractivity contribution in [2.45, 2.75) is 19.3 Å². The lowest BCUT2D eigenvalue weighted by atomic mass is 9.82. The van der Waals surface area contributed by atoms with Gasteiger partial charge in [0.25, 0.3) is 0 Å². The largest absolute Gasteiger partial charge is 0.294 e. The van der Waals surface area contributed by atoms with Crippen molar-refractivity contribution in [1.29, 1.82) is 0 Å². The van der Waals surface area contributed by atoms with Gasteiger partial charge in [-0.3, -0.25) is 4.90 Å². The second-order valence-electron chi connectivity index (χ2n) is 10.9. The third kappa shape index (κ3) is 2.92. The molecule has 0 bridgehead atoms. The van der Waals surface area contributed by atoms with Gasteiger partial charge in [0.1, 0.15) is 5.82 Å². The molecule has 1 aliphatic heterocycles. The van der Waals surface area contributed by atoms with Gasteiger partial charge < -0.3 is 0 Å². The van der Waals surface area contributed by atoms with Gasteiger partial charge >= 0.3 is 0 Å². The first-order valence-corrected chi connectivity index (χ1v) is 13.2. The molecule has 38 heavy (non-hydrogen) atoms. The summed E-state index contributed by atoms with van der Waals surface area (Å²) in [4.78, 5) is 7.45. The molecule has 0 amide bonds. The lowest BCUT2D eigenvalue weighted by Crippen LogP contribution is -2.17. The predicted octanol–water partition coefficient (Wildman–Crippen LogP) is 9.65. The minimum Gasteiger partial charge on any atom is -0.294 e. The molecule has 2 heterocycles. The zero-order valence-electron chi connectivity index (χ0n) is 21.4. The number of aromatic nitrogens is 1. The molecule has 5 aromatic carbocycles. The van der Waals surface area contributed by atoms with Crippen molar-refractivity contribution >= 4 is 50.9 Å². The van der Waals surface area contributed by atoms with E-state index in [1.807, 2.05) is 6.20 Å². The molecule has 0 fully saturated rings. The van der Waals surface area contributed by atoms with E-state index in [1.165, 1.54) is 44.0 Å². The zero-order valence-corrected chi connectivity index (χ0v) is 21.4. The summed E-state index contributed by atoms with van der Waals surface area (Å²) in [6.07, 6.45) is 6.54. The molecule has 8 rings (SSSR count). The van der Waals surface area contributed by atoms with Crippen molar-refractivity contribution in [3.05, 3.63) is 132 Å². The van der Waals surface area contributed by atoms with Crippen LogP contribution in [0.1, 0.15) is 36.1 Å². The van der Waals surface area contributed by atoms with Crippen molar-refractivity contribution in [2.24, 2.45) is 0 Å². The first-order valence-electron chi connectivity index (χ1n) is 13.2. The van der Waals surface area contributed by atoms with Crippen LogP contribution in [0.3, 0.4) is 0 Å². The van der Waals surface area contributed by atoms with Crippen LogP contribution in [0.25, 0.3) is 44.8 Å². The van der Waals surface area contributed by atoms with Crippen LogP contribution in [-0.2, 0) is 5.41 Å². The molecular weight excluding hydrogens is 460 g/mol. The maximum absolute atomic E-state index is 5.09. The summed E-state index contributed by atoms with van der Waals surface area (Å²) < 4.78 is 0. The van der Waals surface area contributed by atoms with Crippen molar-refractivity contribution in [3.63, 3.8) is 0 Å². The predicted molar refractivity (Wildman–Crippen MR) is 160 cm³/mol. The third-order valence-corrected chi connectivity index (χ3v) is 8.42. The van der Waals surface area contributed by atoms with Gasteiger partial charge in [0, 0.05) is 28.2 Å². The molecule has 180 valence electrons. The average molecular weight is 487 g/mol. The summed E-state index contributed by atoms with van der Waals surface area (Å²) in [5, 5.41) is 4.82. The van der Waals surface area contributed by atoms with Gasteiger partial charge in [-0.25, -0.2) is 4.98 Å².